The highest BCUT2D eigenvalue weighted by Gasteiger charge is 2.12. The quantitative estimate of drug-likeness (QED) is 0.778. The number of aliphatic carboxylic acids is 1. The Balaban J connectivity index is 2.66. The molecule has 0 heterocycles. The molecule has 0 saturated carbocycles. The first-order valence-corrected chi connectivity index (χ1v) is 6.17. The van der Waals surface area contributed by atoms with Crippen LogP contribution < -0.4 is 10.5 Å². The minimum atomic E-state index is -0.872. The first-order chi connectivity index (χ1) is 8.49. The smallest absolute Gasteiger partial charge is 0.304 e. The van der Waals surface area contributed by atoms with E-state index in [2.05, 4.69) is 13.8 Å². The molecule has 0 aliphatic carbocycles. The number of nitrogens with two attached hydrogens (primary N) is 1. The second-order valence-electron chi connectivity index (χ2n) is 4.87. The predicted molar refractivity (Wildman–Crippen MR) is 70.7 cm³/mol. The van der Waals surface area contributed by atoms with E-state index in [0.717, 1.165) is 11.3 Å². The van der Waals surface area contributed by atoms with E-state index in [1.54, 1.807) is 0 Å². The van der Waals surface area contributed by atoms with E-state index in [4.69, 9.17) is 15.6 Å². The van der Waals surface area contributed by atoms with Crippen LogP contribution in [0.15, 0.2) is 24.3 Å². The van der Waals surface area contributed by atoms with Crippen LogP contribution in [0, 0.1) is 5.92 Å². The third-order valence-electron chi connectivity index (χ3n) is 2.46. The second-order valence-corrected chi connectivity index (χ2v) is 4.87. The summed E-state index contributed by atoms with van der Waals surface area (Å²) in [4.78, 5) is 10.6. The molecule has 100 valence electrons. The molecular weight excluding hydrogens is 230 g/mol. The Hall–Kier alpha value is -1.55. The van der Waals surface area contributed by atoms with Crippen molar-refractivity contribution in [1.29, 1.82) is 0 Å². The summed E-state index contributed by atoms with van der Waals surface area (Å²) in [6.07, 6.45) is 0.485. The lowest BCUT2D eigenvalue weighted by Crippen LogP contribution is -2.26. The van der Waals surface area contributed by atoms with Crippen LogP contribution in [0.5, 0.6) is 5.75 Å². The highest BCUT2D eigenvalue weighted by Crippen LogP contribution is 2.20. The minimum absolute atomic E-state index is 0.0293. The number of carboxylic acid groups (broad SMARTS) is 1. The van der Waals surface area contributed by atoms with Crippen LogP contribution >= 0.6 is 0 Å². The van der Waals surface area contributed by atoms with Crippen molar-refractivity contribution in [2.45, 2.75) is 32.7 Å². The van der Waals surface area contributed by atoms with Gasteiger partial charge in [-0.1, -0.05) is 32.0 Å². The lowest BCUT2D eigenvalue weighted by Gasteiger charge is -2.15. The Bertz CT molecular complexity index is 390. The largest absolute Gasteiger partial charge is 0.493 e. The average molecular weight is 251 g/mol. The van der Waals surface area contributed by atoms with Gasteiger partial charge in [-0.15, -0.1) is 0 Å². The highest BCUT2D eigenvalue weighted by molar-refractivity contribution is 5.67. The molecule has 0 saturated heterocycles. The van der Waals surface area contributed by atoms with Crippen LogP contribution in [0.4, 0.5) is 0 Å². The molecule has 1 atom stereocenters. The molecule has 1 aromatic carbocycles. The van der Waals surface area contributed by atoms with Gasteiger partial charge in [0.25, 0.3) is 0 Å². The number of hydrogen-bond acceptors (Lipinski definition) is 3. The van der Waals surface area contributed by atoms with Crippen molar-refractivity contribution < 1.29 is 14.6 Å². The number of rotatable bonds is 7. The van der Waals surface area contributed by atoms with Crippen molar-refractivity contribution in [3.8, 4) is 5.75 Å². The predicted octanol–water partition coefficient (Wildman–Crippen LogP) is 2.07. The van der Waals surface area contributed by atoms with E-state index < -0.39 is 5.97 Å². The Morgan fingerprint density at radius 1 is 1.39 bits per heavy atom. The molecule has 0 aliphatic rings. The van der Waals surface area contributed by atoms with Gasteiger partial charge in [0.15, 0.2) is 0 Å². The summed E-state index contributed by atoms with van der Waals surface area (Å²) < 4.78 is 5.70. The van der Waals surface area contributed by atoms with E-state index in [1.165, 1.54) is 0 Å². The highest BCUT2D eigenvalue weighted by atomic mass is 16.5. The van der Waals surface area contributed by atoms with Gasteiger partial charge >= 0.3 is 5.97 Å². The maximum atomic E-state index is 10.6. The molecule has 1 aromatic rings. The molecule has 0 radical (unpaired) electrons. The fraction of sp³-hybridized carbons (Fsp3) is 0.500. The van der Waals surface area contributed by atoms with E-state index in [1.807, 2.05) is 24.3 Å². The van der Waals surface area contributed by atoms with E-state index >= 15 is 0 Å². The number of para-hydroxylation sites is 1. The van der Waals surface area contributed by atoms with E-state index in [-0.39, 0.29) is 12.5 Å². The third-order valence-corrected chi connectivity index (χ3v) is 2.46. The molecule has 0 unspecified atom stereocenters. The van der Waals surface area contributed by atoms with Gasteiger partial charge in [0.2, 0.25) is 0 Å². The lowest BCUT2D eigenvalue weighted by atomic mass is 10.0. The van der Waals surface area contributed by atoms with Crippen LogP contribution in [-0.4, -0.2) is 23.7 Å². The van der Waals surface area contributed by atoms with Gasteiger partial charge in [0.05, 0.1) is 13.0 Å². The summed E-state index contributed by atoms with van der Waals surface area (Å²) in [7, 11) is 0. The monoisotopic (exact) mass is 251 g/mol. The van der Waals surface area contributed by atoms with Gasteiger partial charge in [-0.2, -0.15) is 0 Å². The molecule has 18 heavy (non-hydrogen) atoms. The van der Waals surface area contributed by atoms with Gasteiger partial charge in [-0.3, -0.25) is 4.79 Å². The van der Waals surface area contributed by atoms with E-state index in [9.17, 15) is 4.79 Å². The summed E-state index contributed by atoms with van der Waals surface area (Å²) in [5, 5.41) is 8.70. The molecule has 0 spiro atoms. The van der Waals surface area contributed by atoms with Crippen LogP contribution in [-0.2, 0) is 11.2 Å². The first-order valence-electron chi connectivity index (χ1n) is 6.17. The number of hydrogen-bond donors (Lipinski definition) is 2. The summed E-state index contributed by atoms with van der Waals surface area (Å²) >= 11 is 0. The molecule has 0 aliphatic heterocycles. The van der Waals surface area contributed by atoms with Gasteiger partial charge < -0.3 is 15.6 Å². The zero-order valence-corrected chi connectivity index (χ0v) is 10.9. The Morgan fingerprint density at radius 2 is 2.06 bits per heavy atom. The molecule has 0 aromatic heterocycles. The molecule has 0 bridgehead atoms. The normalized spacial score (nSPS) is 12.4. The molecule has 4 heteroatoms. The zero-order valence-electron chi connectivity index (χ0n) is 10.9. The van der Waals surface area contributed by atoms with Crippen LogP contribution in [0.25, 0.3) is 0 Å². The van der Waals surface area contributed by atoms with Crippen LogP contribution in [0.2, 0.25) is 0 Å². The third kappa shape index (κ3) is 5.19. The van der Waals surface area contributed by atoms with E-state index in [0.29, 0.717) is 18.9 Å². The fourth-order valence-electron chi connectivity index (χ4n) is 1.65. The Kier molecular flexibility index (Phi) is 5.65. The Morgan fingerprint density at radius 3 is 2.67 bits per heavy atom. The van der Waals surface area contributed by atoms with Gasteiger partial charge in [-0.25, -0.2) is 0 Å². The molecule has 0 amide bonds. The van der Waals surface area contributed by atoms with Gasteiger partial charge in [0, 0.05) is 6.04 Å². The molecule has 0 fully saturated rings. The van der Waals surface area contributed by atoms with Gasteiger partial charge in [-0.05, 0) is 24.0 Å². The average Bonchev–Trinajstić information content (AvgIpc) is 2.26. The minimum Gasteiger partial charge on any atom is -0.493 e. The maximum absolute atomic E-state index is 10.6. The summed E-state index contributed by atoms with van der Waals surface area (Å²) in [6, 6.07) is 7.25. The standard InChI is InChI=1S/C14H21NO3/c1-10(2)9-18-13-6-4-3-5-11(13)7-12(15)8-14(16)17/h3-6,10,12H,7-9,15H2,1-2H3,(H,16,17)/t12-/m0/s1. The van der Waals surface area contributed by atoms with Crippen LogP contribution in [0.1, 0.15) is 25.8 Å². The van der Waals surface area contributed by atoms with Gasteiger partial charge in [0.1, 0.15) is 5.75 Å². The number of carboxylic acids is 1. The summed E-state index contributed by atoms with van der Waals surface area (Å²) in [5.74, 6) is 0.376. The fourth-order valence-corrected chi connectivity index (χ4v) is 1.65. The maximum Gasteiger partial charge on any atom is 0.304 e. The molecular formula is C14H21NO3. The first kappa shape index (κ1) is 14.5. The van der Waals surface area contributed by atoms with Crippen molar-refractivity contribution in [3.05, 3.63) is 29.8 Å². The van der Waals surface area contributed by atoms with Crippen molar-refractivity contribution >= 4 is 5.97 Å². The van der Waals surface area contributed by atoms with Crippen molar-refractivity contribution in [2.24, 2.45) is 11.7 Å². The van der Waals surface area contributed by atoms with Crippen molar-refractivity contribution in [2.75, 3.05) is 6.61 Å². The zero-order chi connectivity index (χ0) is 13.5. The summed E-state index contributed by atoms with van der Waals surface area (Å²) in [6.45, 7) is 4.81. The van der Waals surface area contributed by atoms with Crippen molar-refractivity contribution in [3.63, 3.8) is 0 Å². The number of ether oxygens (including phenoxy) is 1. The number of benzene rings is 1. The second kappa shape index (κ2) is 7.01. The summed E-state index contributed by atoms with van der Waals surface area (Å²) in [5.41, 5.74) is 6.76. The molecule has 4 nitrogen and oxygen atoms in total. The number of carbonyl (C=O) groups is 1. The SMILES string of the molecule is CC(C)COc1ccccc1C[C@H](N)CC(=O)O. The van der Waals surface area contributed by atoms with Crippen molar-refractivity contribution in [1.82, 2.24) is 0 Å². The lowest BCUT2D eigenvalue weighted by molar-refractivity contribution is -0.137. The molecule has 3 N–H and O–H groups in total. The topological polar surface area (TPSA) is 72.5 Å². The van der Waals surface area contributed by atoms with Crippen LogP contribution in [0.3, 0.4) is 0 Å². The Labute approximate surface area is 108 Å². The molecule has 1 rings (SSSR count).